The molecule has 2 aromatic rings. The van der Waals surface area contributed by atoms with Crippen molar-refractivity contribution >= 4 is 39.1 Å². The SMILES string of the molecule is Cc1c(Br)cccc1NC(=O)c1cc(O)ccc1Cl. The molecule has 0 fully saturated rings. The van der Waals surface area contributed by atoms with E-state index >= 15 is 0 Å². The van der Waals surface area contributed by atoms with Crippen LogP contribution in [0.3, 0.4) is 0 Å². The predicted octanol–water partition coefficient (Wildman–Crippen LogP) is 4.37. The highest BCUT2D eigenvalue weighted by Gasteiger charge is 2.13. The molecule has 3 nitrogen and oxygen atoms in total. The zero-order chi connectivity index (χ0) is 14.0. The second-order valence-electron chi connectivity index (χ2n) is 4.03. The van der Waals surface area contributed by atoms with Crippen LogP contribution in [-0.4, -0.2) is 11.0 Å². The summed E-state index contributed by atoms with van der Waals surface area (Å²) in [6, 6.07) is 9.78. The van der Waals surface area contributed by atoms with Crippen LogP contribution >= 0.6 is 27.5 Å². The standard InChI is InChI=1S/C14H11BrClNO2/c1-8-11(15)3-2-4-13(8)17-14(19)10-7-9(18)5-6-12(10)16/h2-7,18H,1H3,(H,17,19). The first kappa shape index (κ1) is 13.9. The van der Waals surface area contributed by atoms with Gasteiger partial charge in [0.15, 0.2) is 0 Å². The smallest absolute Gasteiger partial charge is 0.257 e. The van der Waals surface area contributed by atoms with Crippen LogP contribution in [0.5, 0.6) is 5.75 Å². The summed E-state index contributed by atoms with van der Waals surface area (Å²) in [5, 5.41) is 12.5. The number of carbonyl (C=O) groups is 1. The summed E-state index contributed by atoms with van der Waals surface area (Å²) in [4.78, 5) is 12.1. The Bertz CT molecular complexity index is 643. The van der Waals surface area contributed by atoms with Gasteiger partial charge in [-0.3, -0.25) is 4.79 Å². The van der Waals surface area contributed by atoms with Crippen LogP contribution in [0.4, 0.5) is 5.69 Å². The molecule has 1 amide bonds. The molecule has 0 aliphatic heterocycles. The second-order valence-corrected chi connectivity index (χ2v) is 5.29. The molecule has 2 aromatic carbocycles. The zero-order valence-corrected chi connectivity index (χ0v) is 12.4. The fraction of sp³-hybridized carbons (Fsp3) is 0.0714. The number of rotatable bonds is 2. The van der Waals surface area contributed by atoms with Gasteiger partial charge in [-0.15, -0.1) is 0 Å². The van der Waals surface area contributed by atoms with Crippen molar-refractivity contribution in [3.63, 3.8) is 0 Å². The molecule has 98 valence electrons. The molecule has 0 saturated carbocycles. The highest BCUT2D eigenvalue weighted by atomic mass is 79.9. The van der Waals surface area contributed by atoms with Gasteiger partial charge < -0.3 is 10.4 Å². The van der Waals surface area contributed by atoms with Crippen molar-refractivity contribution in [1.82, 2.24) is 0 Å². The Balaban J connectivity index is 2.31. The van der Waals surface area contributed by atoms with E-state index in [4.69, 9.17) is 11.6 Å². The lowest BCUT2D eigenvalue weighted by atomic mass is 10.1. The van der Waals surface area contributed by atoms with Crippen molar-refractivity contribution < 1.29 is 9.90 Å². The molecule has 2 rings (SSSR count). The molecule has 2 N–H and O–H groups in total. The van der Waals surface area contributed by atoms with Crippen molar-refractivity contribution in [3.8, 4) is 5.75 Å². The largest absolute Gasteiger partial charge is 0.508 e. The second kappa shape index (κ2) is 5.63. The summed E-state index contributed by atoms with van der Waals surface area (Å²) in [5.41, 5.74) is 1.85. The number of hydrogen-bond acceptors (Lipinski definition) is 2. The maximum absolute atomic E-state index is 12.1. The topological polar surface area (TPSA) is 49.3 Å². The number of aromatic hydroxyl groups is 1. The number of hydrogen-bond donors (Lipinski definition) is 2. The van der Waals surface area contributed by atoms with Gasteiger partial charge in [0.2, 0.25) is 0 Å². The Labute approximate surface area is 124 Å². The van der Waals surface area contributed by atoms with Gasteiger partial charge in [0.05, 0.1) is 10.6 Å². The van der Waals surface area contributed by atoms with Gasteiger partial charge in [-0.25, -0.2) is 0 Å². The fourth-order valence-corrected chi connectivity index (χ4v) is 2.19. The van der Waals surface area contributed by atoms with E-state index in [-0.39, 0.29) is 17.2 Å². The average Bonchev–Trinajstić information content (AvgIpc) is 2.38. The molecule has 5 heteroatoms. The molecule has 0 heterocycles. The van der Waals surface area contributed by atoms with Gasteiger partial charge in [-0.2, -0.15) is 0 Å². The zero-order valence-electron chi connectivity index (χ0n) is 10.1. The monoisotopic (exact) mass is 339 g/mol. The number of carbonyl (C=O) groups excluding carboxylic acids is 1. The van der Waals surface area contributed by atoms with Gasteiger partial charge in [0.25, 0.3) is 5.91 Å². The van der Waals surface area contributed by atoms with Crippen molar-refractivity contribution in [2.45, 2.75) is 6.92 Å². The normalized spacial score (nSPS) is 10.3. The number of phenolic OH excluding ortho intramolecular Hbond substituents is 1. The Morgan fingerprint density at radius 1 is 1.32 bits per heavy atom. The minimum Gasteiger partial charge on any atom is -0.508 e. The molecule has 0 spiro atoms. The Morgan fingerprint density at radius 2 is 2.05 bits per heavy atom. The van der Waals surface area contributed by atoms with Gasteiger partial charge in [-0.05, 0) is 42.8 Å². The molecule has 0 radical (unpaired) electrons. The van der Waals surface area contributed by atoms with E-state index in [1.165, 1.54) is 18.2 Å². The molecule has 0 atom stereocenters. The van der Waals surface area contributed by atoms with Crippen LogP contribution in [0.15, 0.2) is 40.9 Å². The lowest BCUT2D eigenvalue weighted by Gasteiger charge is -2.10. The van der Waals surface area contributed by atoms with Crippen LogP contribution in [0.25, 0.3) is 0 Å². The van der Waals surface area contributed by atoms with Gasteiger partial charge in [-0.1, -0.05) is 33.6 Å². The molecule has 0 saturated heterocycles. The van der Waals surface area contributed by atoms with Crippen molar-refractivity contribution in [2.24, 2.45) is 0 Å². The minimum absolute atomic E-state index is 0.000476. The van der Waals surface area contributed by atoms with Gasteiger partial charge in [0.1, 0.15) is 5.75 Å². The number of nitrogens with one attached hydrogen (secondary N) is 1. The third-order valence-electron chi connectivity index (χ3n) is 2.71. The fourth-order valence-electron chi connectivity index (χ4n) is 1.62. The molecule has 19 heavy (non-hydrogen) atoms. The minimum atomic E-state index is -0.359. The maximum Gasteiger partial charge on any atom is 0.257 e. The van der Waals surface area contributed by atoms with E-state index in [9.17, 15) is 9.90 Å². The molecular formula is C14H11BrClNO2. The maximum atomic E-state index is 12.1. The summed E-state index contributed by atoms with van der Waals surface area (Å²) >= 11 is 9.35. The summed E-state index contributed by atoms with van der Waals surface area (Å²) in [6.07, 6.45) is 0. The molecule has 0 aliphatic rings. The van der Waals surface area contributed by atoms with Crippen molar-refractivity contribution in [2.75, 3.05) is 5.32 Å². The first-order valence-corrected chi connectivity index (χ1v) is 6.71. The number of benzene rings is 2. The quantitative estimate of drug-likeness (QED) is 0.853. The summed E-state index contributed by atoms with van der Waals surface area (Å²) < 4.78 is 0.910. The first-order chi connectivity index (χ1) is 8.99. The van der Waals surface area contributed by atoms with E-state index in [0.29, 0.717) is 10.7 Å². The van der Waals surface area contributed by atoms with Crippen LogP contribution in [0, 0.1) is 6.92 Å². The van der Waals surface area contributed by atoms with E-state index in [2.05, 4.69) is 21.2 Å². The number of phenols is 1. The van der Waals surface area contributed by atoms with Gasteiger partial charge >= 0.3 is 0 Å². The van der Waals surface area contributed by atoms with Crippen molar-refractivity contribution in [1.29, 1.82) is 0 Å². The van der Waals surface area contributed by atoms with E-state index in [0.717, 1.165) is 10.0 Å². The Morgan fingerprint density at radius 3 is 2.79 bits per heavy atom. The lowest BCUT2D eigenvalue weighted by molar-refractivity contribution is 0.102. The van der Waals surface area contributed by atoms with E-state index < -0.39 is 0 Å². The molecule has 0 bridgehead atoms. The Hall–Kier alpha value is -1.52. The highest BCUT2D eigenvalue weighted by Crippen LogP contribution is 2.26. The van der Waals surface area contributed by atoms with E-state index in [1.54, 1.807) is 6.07 Å². The third-order valence-corrected chi connectivity index (χ3v) is 3.90. The summed E-state index contributed by atoms with van der Waals surface area (Å²) in [6.45, 7) is 1.89. The van der Waals surface area contributed by atoms with Crippen LogP contribution < -0.4 is 5.32 Å². The van der Waals surface area contributed by atoms with Crippen LogP contribution in [0.1, 0.15) is 15.9 Å². The highest BCUT2D eigenvalue weighted by molar-refractivity contribution is 9.10. The Kier molecular flexibility index (Phi) is 4.12. The van der Waals surface area contributed by atoms with Crippen LogP contribution in [-0.2, 0) is 0 Å². The number of halogens is 2. The lowest BCUT2D eigenvalue weighted by Crippen LogP contribution is -2.13. The van der Waals surface area contributed by atoms with Crippen molar-refractivity contribution in [3.05, 3.63) is 57.0 Å². The van der Waals surface area contributed by atoms with E-state index in [1.807, 2.05) is 19.1 Å². The summed E-state index contributed by atoms with van der Waals surface area (Å²) in [5.74, 6) is -0.359. The molecule has 0 aliphatic carbocycles. The molecule has 0 unspecified atom stereocenters. The average molecular weight is 341 g/mol. The number of anilines is 1. The predicted molar refractivity (Wildman–Crippen MR) is 79.9 cm³/mol. The number of amides is 1. The van der Waals surface area contributed by atoms with Crippen LogP contribution in [0.2, 0.25) is 5.02 Å². The van der Waals surface area contributed by atoms with Gasteiger partial charge in [0, 0.05) is 10.2 Å². The summed E-state index contributed by atoms with van der Waals surface area (Å²) in [7, 11) is 0. The third kappa shape index (κ3) is 3.08. The first-order valence-electron chi connectivity index (χ1n) is 5.54. The molecular weight excluding hydrogens is 330 g/mol. The molecule has 0 aromatic heterocycles.